The van der Waals surface area contributed by atoms with Crippen molar-refractivity contribution in [1.82, 2.24) is 4.90 Å². The summed E-state index contributed by atoms with van der Waals surface area (Å²) in [6.45, 7) is 3.46. The molecule has 19 heavy (non-hydrogen) atoms. The van der Waals surface area contributed by atoms with Gasteiger partial charge in [-0.2, -0.15) is 0 Å². The van der Waals surface area contributed by atoms with Crippen molar-refractivity contribution in [3.8, 4) is 0 Å². The number of hydrogen-bond donors (Lipinski definition) is 0. The summed E-state index contributed by atoms with van der Waals surface area (Å²) in [5.74, 6) is -0.205. The lowest BCUT2D eigenvalue weighted by Gasteiger charge is -2.32. The number of carbonyl (C=O) groups is 1. The molecule has 2 nitrogen and oxygen atoms in total. The average molecular weight is 263 g/mol. The van der Waals surface area contributed by atoms with E-state index in [1.165, 1.54) is 44.2 Å². The van der Waals surface area contributed by atoms with Crippen molar-refractivity contribution >= 4 is 5.78 Å². The third-order valence-corrected chi connectivity index (χ3v) is 4.01. The lowest BCUT2D eigenvalue weighted by atomic mass is 9.94. The van der Waals surface area contributed by atoms with Gasteiger partial charge in [0, 0.05) is 11.6 Å². The van der Waals surface area contributed by atoms with Crippen LogP contribution < -0.4 is 0 Å². The molecule has 0 N–H and O–H groups in total. The number of Topliss-reactive ketones (excluding diaryl/α,β-unsaturated/α-hetero) is 1. The Morgan fingerprint density at radius 3 is 2.42 bits per heavy atom. The lowest BCUT2D eigenvalue weighted by Crippen LogP contribution is -2.40. The minimum Gasteiger partial charge on any atom is -0.293 e. The van der Waals surface area contributed by atoms with Crippen LogP contribution in [-0.4, -0.2) is 29.8 Å². The fraction of sp³-hybridized carbons (Fsp3) is 0.562. The van der Waals surface area contributed by atoms with Crippen molar-refractivity contribution in [2.75, 3.05) is 13.1 Å². The number of nitrogens with zero attached hydrogens (tertiary/aromatic N) is 1. The monoisotopic (exact) mass is 263 g/mol. The molecule has 0 heterocycles. The van der Waals surface area contributed by atoms with E-state index in [9.17, 15) is 9.18 Å². The molecule has 2 rings (SSSR count). The molecule has 0 radical (unpaired) electrons. The Hall–Kier alpha value is -1.22. The average Bonchev–Trinajstić information content (AvgIpc) is 2.46. The number of carbonyl (C=O) groups excluding carboxylic acids is 1. The number of hydrogen-bond acceptors (Lipinski definition) is 2. The first-order chi connectivity index (χ1) is 9.20. The molecule has 0 saturated heterocycles. The highest BCUT2D eigenvalue weighted by Gasteiger charge is 2.22. The minimum absolute atomic E-state index is 0.0902. The maximum atomic E-state index is 12.8. The molecule has 1 aliphatic rings. The van der Waals surface area contributed by atoms with Crippen LogP contribution in [0.25, 0.3) is 0 Å². The second-order valence-corrected chi connectivity index (χ2v) is 5.29. The topological polar surface area (TPSA) is 20.3 Å². The maximum absolute atomic E-state index is 12.8. The Morgan fingerprint density at radius 2 is 1.84 bits per heavy atom. The van der Waals surface area contributed by atoms with Gasteiger partial charge in [-0.15, -0.1) is 0 Å². The predicted octanol–water partition coefficient (Wildman–Crippen LogP) is 3.66. The first-order valence-corrected chi connectivity index (χ1v) is 7.23. The van der Waals surface area contributed by atoms with Crippen LogP contribution in [0.3, 0.4) is 0 Å². The number of halogens is 1. The SMILES string of the molecule is CCN(CC(=O)c1ccc(F)cc1)C1CCCCC1. The number of benzene rings is 1. The Balaban J connectivity index is 1.97. The molecule has 1 aromatic rings. The third kappa shape index (κ3) is 3.87. The highest BCUT2D eigenvalue weighted by molar-refractivity contribution is 5.97. The zero-order chi connectivity index (χ0) is 13.7. The van der Waals surface area contributed by atoms with E-state index < -0.39 is 0 Å². The molecule has 1 aliphatic carbocycles. The molecule has 0 spiro atoms. The highest BCUT2D eigenvalue weighted by Crippen LogP contribution is 2.22. The quantitative estimate of drug-likeness (QED) is 0.756. The zero-order valence-corrected chi connectivity index (χ0v) is 11.6. The van der Waals surface area contributed by atoms with Crippen molar-refractivity contribution in [3.05, 3.63) is 35.6 Å². The lowest BCUT2D eigenvalue weighted by molar-refractivity contribution is 0.0868. The van der Waals surface area contributed by atoms with E-state index in [1.807, 2.05) is 0 Å². The second-order valence-electron chi connectivity index (χ2n) is 5.29. The van der Waals surface area contributed by atoms with Crippen molar-refractivity contribution < 1.29 is 9.18 Å². The fourth-order valence-electron chi connectivity index (χ4n) is 2.86. The summed E-state index contributed by atoms with van der Waals surface area (Å²) in [6.07, 6.45) is 6.26. The first-order valence-electron chi connectivity index (χ1n) is 7.23. The van der Waals surface area contributed by atoms with E-state index in [0.717, 1.165) is 6.54 Å². The normalized spacial score (nSPS) is 16.8. The molecule has 1 aromatic carbocycles. The summed E-state index contributed by atoms with van der Waals surface area (Å²) in [5.41, 5.74) is 0.607. The Kier molecular flexibility index (Phi) is 5.08. The minimum atomic E-state index is -0.295. The number of rotatable bonds is 5. The van der Waals surface area contributed by atoms with Crippen LogP contribution >= 0.6 is 0 Å². The summed E-state index contributed by atoms with van der Waals surface area (Å²) in [4.78, 5) is 14.5. The Bertz CT molecular complexity index is 409. The molecule has 1 fully saturated rings. The van der Waals surface area contributed by atoms with Crippen LogP contribution in [0.4, 0.5) is 4.39 Å². The van der Waals surface area contributed by atoms with E-state index in [1.54, 1.807) is 12.1 Å². The van der Waals surface area contributed by atoms with Gasteiger partial charge in [0.2, 0.25) is 0 Å². The van der Waals surface area contributed by atoms with E-state index in [-0.39, 0.29) is 11.6 Å². The summed E-state index contributed by atoms with van der Waals surface area (Å²) in [5, 5.41) is 0. The van der Waals surface area contributed by atoms with Crippen molar-refractivity contribution in [3.63, 3.8) is 0 Å². The van der Waals surface area contributed by atoms with Crippen LogP contribution in [-0.2, 0) is 0 Å². The van der Waals surface area contributed by atoms with Gasteiger partial charge in [0.1, 0.15) is 5.82 Å². The van der Waals surface area contributed by atoms with Gasteiger partial charge >= 0.3 is 0 Å². The standard InChI is InChI=1S/C16H22FNO/c1-2-18(15-6-4-3-5-7-15)12-16(19)13-8-10-14(17)11-9-13/h8-11,15H,2-7,12H2,1H3. The summed E-state index contributed by atoms with van der Waals surface area (Å²) in [7, 11) is 0. The second kappa shape index (κ2) is 6.80. The van der Waals surface area contributed by atoms with E-state index in [0.29, 0.717) is 18.2 Å². The van der Waals surface area contributed by atoms with E-state index >= 15 is 0 Å². The number of ketones is 1. The van der Waals surface area contributed by atoms with Gasteiger partial charge in [0.05, 0.1) is 6.54 Å². The van der Waals surface area contributed by atoms with Gasteiger partial charge in [-0.1, -0.05) is 26.2 Å². The molecule has 0 bridgehead atoms. The predicted molar refractivity (Wildman–Crippen MR) is 74.9 cm³/mol. The molecular formula is C16H22FNO. The Labute approximate surface area is 114 Å². The number of likely N-dealkylation sites (N-methyl/N-ethyl adjacent to an activating group) is 1. The van der Waals surface area contributed by atoms with Crippen LogP contribution in [0, 0.1) is 5.82 Å². The van der Waals surface area contributed by atoms with E-state index in [2.05, 4.69) is 11.8 Å². The van der Waals surface area contributed by atoms with Crippen molar-refractivity contribution in [2.24, 2.45) is 0 Å². The van der Waals surface area contributed by atoms with Gasteiger partial charge in [0.15, 0.2) is 5.78 Å². The third-order valence-electron chi connectivity index (χ3n) is 4.01. The molecule has 104 valence electrons. The van der Waals surface area contributed by atoms with Crippen LogP contribution in [0.15, 0.2) is 24.3 Å². The van der Waals surface area contributed by atoms with Gasteiger partial charge in [-0.05, 0) is 43.7 Å². The molecule has 0 aromatic heterocycles. The van der Waals surface area contributed by atoms with Gasteiger partial charge in [-0.25, -0.2) is 4.39 Å². The molecule has 1 saturated carbocycles. The van der Waals surface area contributed by atoms with Crippen LogP contribution in [0.1, 0.15) is 49.4 Å². The van der Waals surface area contributed by atoms with Crippen LogP contribution in [0.5, 0.6) is 0 Å². The van der Waals surface area contributed by atoms with Gasteiger partial charge < -0.3 is 0 Å². The highest BCUT2D eigenvalue weighted by atomic mass is 19.1. The molecule has 3 heteroatoms. The van der Waals surface area contributed by atoms with Crippen molar-refractivity contribution in [1.29, 1.82) is 0 Å². The summed E-state index contributed by atoms with van der Waals surface area (Å²) in [6, 6.07) is 6.40. The molecule has 0 amide bonds. The Morgan fingerprint density at radius 1 is 1.21 bits per heavy atom. The molecule has 0 unspecified atom stereocenters. The zero-order valence-electron chi connectivity index (χ0n) is 11.6. The largest absolute Gasteiger partial charge is 0.293 e. The van der Waals surface area contributed by atoms with Gasteiger partial charge in [-0.3, -0.25) is 9.69 Å². The maximum Gasteiger partial charge on any atom is 0.176 e. The van der Waals surface area contributed by atoms with E-state index in [4.69, 9.17) is 0 Å². The molecular weight excluding hydrogens is 241 g/mol. The fourth-order valence-corrected chi connectivity index (χ4v) is 2.86. The van der Waals surface area contributed by atoms with Crippen LogP contribution in [0.2, 0.25) is 0 Å². The smallest absolute Gasteiger partial charge is 0.176 e. The summed E-state index contributed by atoms with van der Waals surface area (Å²) < 4.78 is 12.8. The molecule has 0 aliphatic heterocycles. The van der Waals surface area contributed by atoms with Gasteiger partial charge in [0.25, 0.3) is 0 Å². The van der Waals surface area contributed by atoms with Crippen molar-refractivity contribution in [2.45, 2.75) is 45.1 Å². The molecule has 0 atom stereocenters. The summed E-state index contributed by atoms with van der Waals surface area (Å²) >= 11 is 0. The first kappa shape index (κ1) is 14.2.